The van der Waals surface area contributed by atoms with Crippen molar-refractivity contribution in [3.63, 3.8) is 0 Å². The minimum absolute atomic E-state index is 0.218. The van der Waals surface area contributed by atoms with Crippen molar-refractivity contribution in [1.82, 2.24) is 15.2 Å². The predicted octanol–water partition coefficient (Wildman–Crippen LogP) is 0.981. The molecular formula is C14H23N3O2S2. The molecule has 118 valence electrons. The zero-order valence-electron chi connectivity index (χ0n) is 12.4. The first-order valence-electron chi connectivity index (χ1n) is 7.27. The van der Waals surface area contributed by atoms with Gasteiger partial charge in [0.05, 0.1) is 5.69 Å². The Bertz CT molecular complexity index is 522. The quantitative estimate of drug-likeness (QED) is 0.753. The molecule has 1 atom stereocenters. The Morgan fingerprint density at radius 3 is 3.05 bits per heavy atom. The molecule has 5 nitrogen and oxygen atoms in total. The summed E-state index contributed by atoms with van der Waals surface area (Å²) in [6.07, 6.45) is 1.78. The van der Waals surface area contributed by atoms with E-state index in [0.717, 1.165) is 31.1 Å². The number of rotatable bonds is 7. The van der Waals surface area contributed by atoms with Crippen LogP contribution in [0.25, 0.3) is 0 Å². The first-order chi connectivity index (χ1) is 10.1. The molecule has 1 aliphatic rings. The average molecular weight is 329 g/mol. The van der Waals surface area contributed by atoms with Crippen LogP contribution in [-0.4, -0.2) is 60.6 Å². The van der Waals surface area contributed by atoms with Gasteiger partial charge in [0, 0.05) is 49.6 Å². The lowest BCUT2D eigenvalue weighted by Gasteiger charge is -2.34. The van der Waals surface area contributed by atoms with E-state index in [2.05, 4.69) is 15.2 Å². The summed E-state index contributed by atoms with van der Waals surface area (Å²) in [6, 6.07) is 5.85. The molecule has 1 N–H and O–H groups in total. The zero-order chi connectivity index (χ0) is 15.1. The molecule has 1 aromatic heterocycles. The van der Waals surface area contributed by atoms with Gasteiger partial charge in [0.2, 0.25) is 0 Å². The third-order valence-electron chi connectivity index (χ3n) is 3.62. The maximum absolute atomic E-state index is 12.1. The molecule has 0 aromatic carbocycles. The number of nitrogens with one attached hydrogen (secondary N) is 1. The van der Waals surface area contributed by atoms with Crippen molar-refractivity contribution in [3.8, 4) is 0 Å². The van der Waals surface area contributed by atoms with Gasteiger partial charge in [-0.2, -0.15) is 11.8 Å². The second-order valence-corrected chi connectivity index (χ2v) is 8.61. The van der Waals surface area contributed by atoms with E-state index in [1.54, 1.807) is 24.9 Å². The van der Waals surface area contributed by atoms with E-state index in [1.807, 2.05) is 18.2 Å². The highest BCUT2D eigenvalue weighted by Gasteiger charge is 2.32. The molecule has 0 bridgehead atoms. The van der Waals surface area contributed by atoms with Gasteiger partial charge in [-0.3, -0.25) is 9.88 Å². The number of thioether (sulfide) groups is 1. The van der Waals surface area contributed by atoms with Crippen LogP contribution in [0.3, 0.4) is 0 Å². The van der Waals surface area contributed by atoms with Crippen LogP contribution in [0.1, 0.15) is 12.6 Å². The van der Waals surface area contributed by atoms with Crippen LogP contribution in [-0.2, 0) is 16.4 Å². The third kappa shape index (κ3) is 4.95. The Morgan fingerprint density at radius 1 is 1.48 bits per heavy atom. The molecule has 1 aliphatic heterocycles. The van der Waals surface area contributed by atoms with Gasteiger partial charge in [-0.25, -0.2) is 8.42 Å². The molecule has 1 aromatic rings. The van der Waals surface area contributed by atoms with Gasteiger partial charge in [-0.05, 0) is 12.1 Å². The topological polar surface area (TPSA) is 62.3 Å². The minimum Gasteiger partial charge on any atom is -0.310 e. The van der Waals surface area contributed by atoms with Crippen molar-refractivity contribution in [3.05, 3.63) is 30.1 Å². The summed E-state index contributed by atoms with van der Waals surface area (Å²) in [6.45, 7) is 4.83. The summed E-state index contributed by atoms with van der Waals surface area (Å²) in [5, 5.41) is 3.01. The van der Waals surface area contributed by atoms with Crippen LogP contribution in [0.15, 0.2) is 24.4 Å². The Labute approximate surface area is 131 Å². The first kappa shape index (κ1) is 16.7. The molecule has 1 unspecified atom stereocenters. The summed E-state index contributed by atoms with van der Waals surface area (Å²) in [7, 11) is -2.99. The monoisotopic (exact) mass is 329 g/mol. The second-order valence-electron chi connectivity index (χ2n) is 5.01. The summed E-state index contributed by atoms with van der Waals surface area (Å²) in [4.78, 5) is 6.35. The van der Waals surface area contributed by atoms with Gasteiger partial charge in [0.15, 0.2) is 9.84 Å². The van der Waals surface area contributed by atoms with Crippen LogP contribution in [0, 0.1) is 0 Å². The first-order valence-corrected chi connectivity index (χ1v) is 10.1. The highest BCUT2D eigenvalue weighted by Crippen LogP contribution is 2.20. The fourth-order valence-corrected chi connectivity index (χ4v) is 5.45. The van der Waals surface area contributed by atoms with Gasteiger partial charge < -0.3 is 5.32 Å². The summed E-state index contributed by atoms with van der Waals surface area (Å²) in [5.41, 5.74) is 1.00. The smallest absolute Gasteiger partial charge is 0.166 e. The molecular weight excluding hydrogens is 306 g/mol. The molecule has 0 saturated carbocycles. The standard InChI is InChI=1S/C14H23N3O2S2/c1-2-21(18,19)14-12-20-10-9-17(14)8-7-15-11-13-5-3-4-6-16-13/h3-6,14-15H,2,7-12H2,1H3. The fraction of sp³-hybridized carbons (Fsp3) is 0.643. The van der Waals surface area contributed by atoms with E-state index in [0.29, 0.717) is 12.3 Å². The van der Waals surface area contributed by atoms with Crippen molar-refractivity contribution in [2.45, 2.75) is 18.8 Å². The van der Waals surface area contributed by atoms with E-state index in [1.165, 1.54) is 0 Å². The zero-order valence-corrected chi connectivity index (χ0v) is 14.0. The molecule has 0 amide bonds. The molecule has 0 aliphatic carbocycles. The summed E-state index contributed by atoms with van der Waals surface area (Å²) in [5.74, 6) is 1.92. The van der Waals surface area contributed by atoms with Crippen molar-refractivity contribution in [2.75, 3.05) is 36.9 Å². The normalized spacial score (nSPS) is 20.5. The number of pyridine rings is 1. The molecule has 0 radical (unpaired) electrons. The van der Waals surface area contributed by atoms with Crippen LogP contribution < -0.4 is 5.32 Å². The molecule has 0 spiro atoms. The second kappa shape index (κ2) is 8.12. The number of nitrogens with zero attached hydrogens (tertiary/aromatic N) is 2. The lowest BCUT2D eigenvalue weighted by atomic mass is 10.3. The van der Waals surface area contributed by atoms with E-state index < -0.39 is 9.84 Å². The predicted molar refractivity (Wildman–Crippen MR) is 88.1 cm³/mol. The summed E-state index contributed by atoms with van der Waals surface area (Å²) >= 11 is 1.73. The van der Waals surface area contributed by atoms with Crippen LogP contribution in [0.5, 0.6) is 0 Å². The number of sulfone groups is 1. The lowest BCUT2D eigenvalue weighted by molar-refractivity contribution is 0.269. The Morgan fingerprint density at radius 2 is 2.33 bits per heavy atom. The fourth-order valence-electron chi connectivity index (χ4n) is 2.34. The highest BCUT2D eigenvalue weighted by atomic mass is 32.2. The van der Waals surface area contributed by atoms with Crippen molar-refractivity contribution >= 4 is 21.6 Å². The van der Waals surface area contributed by atoms with E-state index in [4.69, 9.17) is 0 Å². The van der Waals surface area contributed by atoms with Crippen molar-refractivity contribution < 1.29 is 8.42 Å². The van der Waals surface area contributed by atoms with Crippen LogP contribution in [0.2, 0.25) is 0 Å². The van der Waals surface area contributed by atoms with Gasteiger partial charge in [-0.1, -0.05) is 13.0 Å². The summed E-state index contributed by atoms with van der Waals surface area (Å²) < 4.78 is 24.3. The van der Waals surface area contributed by atoms with Gasteiger partial charge in [-0.15, -0.1) is 0 Å². The van der Waals surface area contributed by atoms with E-state index in [9.17, 15) is 8.42 Å². The van der Waals surface area contributed by atoms with Gasteiger partial charge >= 0.3 is 0 Å². The highest BCUT2D eigenvalue weighted by molar-refractivity contribution is 8.01. The number of aromatic nitrogens is 1. The lowest BCUT2D eigenvalue weighted by Crippen LogP contribution is -2.49. The molecule has 2 heterocycles. The maximum atomic E-state index is 12.1. The average Bonchev–Trinajstić information content (AvgIpc) is 2.53. The molecule has 1 fully saturated rings. The Hall–Kier alpha value is -0.630. The van der Waals surface area contributed by atoms with E-state index in [-0.39, 0.29) is 11.1 Å². The molecule has 1 saturated heterocycles. The Balaban J connectivity index is 1.80. The third-order valence-corrected chi connectivity index (χ3v) is 6.95. The molecule has 2 rings (SSSR count). The molecule has 7 heteroatoms. The van der Waals surface area contributed by atoms with E-state index >= 15 is 0 Å². The van der Waals surface area contributed by atoms with Crippen molar-refractivity contribution in [1.29, 1.82) is 0 Å². The number of hydrogen-bond acceptors (Lipinski definition) is 6. The maximum Gasteiger partial charge on any atom is 0.166 e. The van der Waals surface area contributed by atoms with Gasteiger partial charge in [0.1, 0.15) is 5.37 Å². The van der Waals surface area contributed by atoms with Crippen LogP contribution in [0.4, 0.5) is 0 Å². The van der Waals surface area contributed by atoms with Gasteiger partial charge in [0.25, 0.3) is 0 Å². The SMILES string of the molecule is CCS(=O)(=O)C1CSCCN1CCNCc1ccccn1. The molecule has 21 heavy (non-hydrogen) atoms. The largest absolute Gasteiger partial charge is 0.310 e. The van der Waals surface area contributed by atoms with Crippen molar-refractivity contribution in [2.24, 2.45) is 0 Å². The minimum atomic E-state index is -2.99. The Kier molecular flexibility index (Phi) is 6.47. The number of hydrogen-bond donors (Lipinski definition) is 1. The van der Waals surface area contributed by atoms with Crippen LogP contribution >= 0.6 is 11.8 Å².